The fraction of sp³-hybridized carbons (Fsp3) is 0.185. The highest BCUT2D eigenvalue weighted by atomic mass is 16.2. The number of fused-ring (bicyclic) bond motifs is 1. The molecule has 1 heterocycles. The molecule has 0 aliphatic rings. The Hall–Kier alpha value is -4.26. The Morgan fingerprint density at radius 1 is 0.912 bits per heavy atom. The van der Waals surface area contributed by atoms with Gasteiger partial charge in [-0.1, -0.05) is 54.6 Å². The highest BCUT2D eigenvalue weighted by Crippen LogP contribution is 2.19. The average molecular weight is 455 g/mol. The minimum atomic E-state index is -0.498. The van der Waals surface area contributed by atoms with E-state index in [0.29, 0.717) is 16.7 Å². The Labute approximate surface area is 197 Å². The van der Waals surface area contributed by atoms with Gasteiger partial charge in [0.15, 0.2) is 0 Å². The second kappa shape index (κ2) is 9.70. The molecule has 3 aromatic carbocycles. The van der Waals surface area contributed by atoms with E-state index in [-0.39, 0.29) is 30.7 Å². The third kappa shape index (κ3) is 4.73. The summed E-state index contributed by atoms with van der Waals surface area (Å²) >= 11 is 0. The first-order valence-electron chi connectivity index (χ1n) is 11.0. The molecule has 2 amide bonds. The van der Waals surface area contributed by atoms with Gasteiger partial charge in [0.1, 0.15) is 6.54 Å². The van der Waals surface area contributed by atoms with Gasteiger partial charge in [-0.2, -0.15) is 0 Å². The molecule has 0 radical (unpaired) electrons. The van der Waals surface area contributed by atoms with Crippen LogP contribution in [0, 0.1) is 13.8 Å². The molecule has 0 saturated heterocycles. The number of aromatic nitrogens is 2. The van der Waals surface area contributed by atoms with E-state index in [9.17, 15) is 14.4 Å². The van der Waals surface area contributed by atoms with E-state index >= 15 is 0 Å². The zero-order valence-corrected chi connectivity index (χ0v) is 19.4. The standard InChI is InChI=1S/C27H26N4O3/c1-18-10-4-6-12-21(18)16-30(20(3)32)26-27(34)31(24-15-9-8-14-23(24)29-26)17-25(33)28-22-13-7-5-11-19(22)2/h4-15H,16-17H2,1-3H3,(H,28,33). The molecule has 0 bridgehead atoms. The largest absolute Gasteiger partial charge is 0.324 e. The van der Waals surface area contributed by atoms with Gasteiger partial charge in [-0.05, 0) is 48.7 Å². The number of amides is 2. The number of carbonyl (C=O) groups excluding carboxylic acids is 2. The molecule has 34 heavy (non-hydrogen) atoms. The molecule has 1 aromatic heterocycles. The quantitative estimate of drug-likeness (QED) is 0.473. The monoisotopic (exact) mass is 454 g/mol. The maximum Gasteiger partial charge on any atom is 0.294 e. The number of nitrogens with one attached hydrogen (secondary N) is 1. The van der Waals surface area contributed by atoms with Gasteiger partial charge in [0, 0.05) is 12.6 Å². The van der Waals surface area contributed by atoms with Gasteiger partial charge in [0.25, 0.3) is 5.56 Å². The van der Waals surface area contributed by atoms with Gasteiger partial charge in [-0.25, -0.2) is 4.98 Å². The van der Waals surface area contributed by atoms with E-state index in [1.165, 1.54) is 16.4 Å². The van der Waals surface area contributed by atoms with Gasteiger partial charge < -0.3 is 5.32 Å². The number of hydrogen-bond acceptors (Lipinski definition) is 4. The fourth-order valence-corrected chi connectivity index (χ4v) is 3.85. The van der Waals surface area contributed by atoms with Crippen LogP contribution < -0.4 is 15.8 Å². The van der Waals surface area contributed by atoms with Crippen molar-refractivity contribution in [3.63, 3.8) is 0 Å². The Morgan fingerprint density at radius 2 is 1.56 bits per heavy atom. The van der Waals surface area contributed by atoms with Crippen molar-refractivity contribution in [1.29, 1.82) is 0 Å². The zero-order valence-electron chi connectivity index (χ0n) is 19.4. The smallest absolute Gasteiger partial charge is 0.294 e. The minimum Gasteiger partial charge on any atom is -0.324 e. The molecule has 0 aliphatic heterocycles. The lowest BCUT2D eigenvalue weighted by molar-refractivity contribution is -0.117. The lowest BCUT2D eigenvalue weighted by atomic mass is 10.1. The third-order valence-electron chi connectivity index (χ3n) is 5.78. The molecule has 0 spiro atoms. The third-order valence-corrected chi connectivity index (χ3v) is 5.78. The lowest BCUT2D eigenvalue weighted by Crippen LogP contribution is -2.38. The number of carbonyl (C=O) groups is 2. The number of nitrogens with zero attached hydrogens (tertiary/aromatic N) is 3. The SMILES string of the molecule is CC(=O)N(Cc1ccccc1C)c1nc2ccccc2n(CC(=O)Nc2ccccc2C)c1=O. The number of benzene rings is 3. The predicted molar refractivity (Wildman–Crippen MR) is 134 cm³/mol. The van der Waals surface area contributed by atoms with Crippen molar-refractivity contribution in [1.82, 2.24) is 9.55 Å². The summed E-state index contributed by atoms with van der Waals surface area (Å²) in [5, 5.41) is 2.87. The molecule has 172 valence electrons. The van der Waals surface area contributed by atoms with E-state index in [2.05, 4.69) is 10.3 Å². The fourth-order valence-electron chi connectivity index (χ4n) is 3.85. The van der Waals surface area contributed by atoms with Crippen molar-refractivity contribution in [2.45, 2.75) is 33.9 Å². The summed E-state index contributed by atoms with van der Waals surface area (Å²) in [6.07, 6.45) is 0. The van der Waals surface area contributed by atoms with Crippen LogP contribution in [0.1, 0.15) is 23.6 Å². The molecular formula is C27H26N4O3. The highest BCUT2D eigenvalue weighted by molar-refractivity contribution is 5.93. The van der Waals surface area contributed by atoms with Crippen molar-refractivity contribution in [3.05, 3.63) is 99.8 Å². The summed E-state index contributed by atoms with van der Waals surface area (Å²) in [5.41, 5.74) is 4.08. The Balaban J connectivity index is 1.76. The van der Waals surface area contributed by atoms with Crippen molar-refractivity contribution >= 4 is 34.4 Å². The van der Waals surface area contributed by atoms with E-state index in [1.54, 1.807) is 24.3 Å². The molecule has 4 aromatic rings. The number of aryl methyl sites for hydroxylation is 2. The lowest BCUT2D eigenvalue weighted by Gasteiger charge is -2.22. The Bertz CT molecular complexity index is 1440. The number of para-hydroxylation sites is 3. The van der Waals surface area contributed by atoms with E-state index < -0.39 is 5.56 Å². The van der Waals surface area contributed by atoms with Crippen LogP contribution >= 0.6 is 0 Å². The van der Waals surface area contributed by atoms with E-state index in [4.69, 9.17) is 0 Å². The van der Waals surface area contributed by atoms with Crippen molar-refractivity contribution < 1.29 is 9.59 Å². The molecule has 7 nitrogen and oxygen atoms in total. The van der Waals surface area contributed by atoms with Crippen molar-refractivity contribution in [3.8, 4) is 0 Å². The number of rotatable bonds is 6. The van der Waals surface area contributed by atoms with Gasteiger partial charge in [0.2, 0.25) is 17.6 Å². The van der Waals surface area contributed by atoms with Gasteiger partial charge >= 0.3 is 0 Å². The van der Waals surface area contributed by atoms with Crippen LogP contribution in [0.5, 0.6) is 0 Å². The van der Waals surface area contributed by atoms with E-state index in [1.807, 2.05) is 62.4 Å². The second-order valence-electron chi connectivity index (χ2n) is 8.21. The van der Waals surface area contributed by atoms with Crippen LogP contribution in [0.15, 0.2) is 77.6 Å². The first-order valence-corrected chi connectivity index (χ1v) is 11.0. The number of anilines is 2. The van der Waals surface area contributed by atoms with Crippen LogP contribution in [0.25, 0.3) is 11.0 Å². The molecule has 0 atom stereocenters. The molecular weight excluding hydrogens is 428 g/mol. The van der Waals surface area contributed by atoms with E-state index in [0.717, 1.165) is 16.7 Å². The van der Waals surface area contributed by atoms with Crippen molar-refractivity contribution in [2.75, 3.05) is 10.2 Å². The summed E-state index contributed by atoms with van der Waals surface area (Å²) in [7, 11) is 0. The molecule has 0 aliphatic carbocycles. The Morgan fingerprint density at radius 3 is 2.26 bits per heavy atom. The van der Waals surface area contributed by atoms with Crippen LogP contribution in [0.3, 0.4) is 0 Å². The average Bonchev–Trinajstić information content (AvgIpc) is 2.82. The molecule has 0 fully saturated rings. The molecule has 4 rings (SSSR count). The zero-order chi connectivity index (χ0) is 24.2. The topological polar surface area (TPSA) is 84.3 Å². The number of hydrogen-bond donors (Lipinski definition) is 1. The van der Waals surface area contributed by atoms with Crippen LogP contribution in [-0.2, 0) is 22.7 Å². The van der Waals surface area contributed by atoms with Gasteiger partial charge in [0.05, 0.1) is 17.6 Å². The van der Waals surface area contributed by atoms with Gasteiger partial charge in [-0.15, -0.1) is 0 Å². The minimum absolute atomic E-state index is 0.00172. The summed E-state index contributed by atoms with van der Waals surface area (Å²) in [4.78, 5) is 45.0. The van der Waals surface area contributed by atoms with Crippen molar-refractivity contribution in [2.24, 2.45) is 0 Å². The highest BCUT2D eigenvalue weighted by Gasteiger charge is 2.22. The van der Waals surface area contributed by atoms with Crippen LogP contribution in [0.2, 0.25) is 0 Å². The normalized spacial score (nSPS) is 10.8. The summed E-state index contributed by atoms with van der Waals surface area (Å²) in [5.74, 6) is -0.649. The second-order valence-corrected chi connectivity index (χ2v) is 8.21. The summed E-state index contributed by atoms with van der Waals surface area (Å²) < 4.78 is 1.37. The molecule has 7 heteroatoms. The Kier molecular flexibility index (Phi) is 6.54. The maximum absolute atomic E-state index is 13.6. The summed E-state index contributed by atoms with van der Waals surface area (Å²) in [6.45, 7) is 5.26. The first kappa shape index (κ1) is 22.9. The molecule has 1 N–H and O–H groups in total. The first-order chi connectivity index (χ1) is 16.3. The summed E-state index contributed by atoms with van der Waals surface area (Å²) in [6, 6.07) is 22.2. The maximum atomic E-state index is 13.6. The van der Waals surface area contributed by atoms with Crippen LogP contribution in [-0.4, -0.2) is 21.4 Å². The molecule has 0 unspecified atom stereocenters. The van der Waals surface area contributed by atoms with Gasteiger partial charge in [-0.3, -0.25) is 23.9 Å². The molecule has 0 saturated carbocycles. The van der Waals surface area contributed by atoms with Crippen LogP contribution in [0.4, 0.5) is 11.5 Å². The predicted octanol–water partition coefficient (Wildman–Crippen LogP) is 4.21.